The molecule has 2 nitrogen and oxygen atoms in total. The summed E-state index contributed by atoms with van der Waals surface area (Å²) in [7, 11) is 0. The van der Waals surface area contributed by atoms with Crippen LogP contribution in [0.2, 0.25) is 0 Å². The molecule has 0 heterocycles. The first-order valence-electron chi connectivity index (χ1n) is 3.83. The van der Waals surface area contributed by atoms with Crippen molar-refractivity contribution in [2.75, 3.05) is 0 Å². The van der Waals surface area contributed by atoms with Gasteiger partial charge in [0.2, 0.25) is 0 Å². The third-order valence-electron chi connectivity index (χ3n) is 1.86. The summed E-state index contributed by atoms with van der Waals surface area (Å²) in [6.45, 7) is 5.45. The molecule has 0 spiro atoms. The highest BCUT2D eigenvalue weighted by molar-refractivity contribution is 5.29. The third kappa shape index (κ3) is 2.58. The van der Waals surface area contributed by atoms with E-state index in [0.29, 0.717) is 5.70 Å². The quantitative estimate of drug-likeness (QED) is 0.484. The number of hydrogen-bond acceptors (Lipinski definition) is 2. The molecule has 0 radical (unpaired) electrons. The Balaban J connectivity index is 2.54. The number of allylic oxidation sites excluding steroid dienone is 2. The van der Waals surface area contributed by atoms with Crippen LogP contribution in [0.5, 0.6) is 0 Å². The molecule has 60 valence electrons. The summed E-state index contributed by atoms with van der Waals surface area (Å²) in [5.74, 6) is 0.784. The SMILES string of the molecule is C=N/C=C(N)\C=C(/C)C1CC1. The second-order valence-corrected chi connectivity index (χ2v) is 2.97. The second kappa shape index (κ2) is 3.37. The molecular weight excluding hydrogens is 136 g/mol. The summed E-state index contributed by atoms with van der Waals surface area (Å²) in [6.07, 6.45) is 6.19. The Bertz CT molecular complexity index is 210. The molecule has 0 amide bonds. The van der Waals surface area contributed by atoms with Crippen LogP contribution in [0.4, 0.5) is 0 Å². The van der Waals surface area contributed by atoms with Crippen LogP contribution in [0, 0.1) is 5.92 Å². The monoisotopic (exact) mass is 150 g/mol. The van der Waals surface area contributed by atoms with Gasteiger partial charge in [0.25, 0.3) is 0 Å². The number of rotatable bonds is 3. The number of hydrogen-bond donors (Lipinski definition) is 1. The minimum absolute atomic E-state index is 0.699. The zero-order chi connectivity index (χ0) is 8.27. The van der Waals surface area contributed by atoms with Gasteiger partial charge in [-0.15, -0.1) is 0 Å². The van der Waals surface area contributed by atoms with Crippen LogP contribution < -0.4 is 5.73 Å². The Labute approximate surface area is 67.5 Å². The maximum atomic E-state index is 5.60. The van der Waals surface area contributed by atoms with Gasteiger partial charge in [-0.2, -0.15) is 0 Å². The lowest BCUT2D eigenvalue weighted by Gasteiger charge is -1.95. The largest absolute Gasteiger partial charge is 0.397 e. The minimum atomic E-state index is 0.699. The molecule has 2 N–H and O–H groups in total. The van der Waals surface area contributed by atoms with Crippen molar-refractivity contribution in [1.29, 1.82) is 0 Å². The number of aliphatic imine (C=N–C) groups is 1. The van der Waals surface area contributed by atoms with E-state index in [1.165, 1.54) is 18.4 Å². The lowest BCUT2D eigenvalue weighted by molar-refractivity contribution is 1.000. The lowest BCUT2D eigenvalue weighted by atomic mass is 10.2. The van der Waals surface area contributed by atoms with Crippen molar-refractivity contribution < 1.29 is 0 Å². The van der Waals surface area contributed by atoms with Gasteiger partial charge in [-0.05, 0) is 38.5 Å². The summed E-state index contributed by atoms with van der Waals surface area (Å²) in [4.78, 5) is 3.59. The summed E-state index contributed by atoms with van der Waals surface area (Å²) >= 11 is 0. The van der Waals surface area contributed by atoms with E-state index in [0.717, 1.165) is 5.92 Å². The van der Waals surface area contributed by atoms with E-state index < -0.39 is 0 Å². The van der Waals surface area contributed by atoms with Crippen molar-refractivity contribution in [3.8, 4) is 0 Å². The van der Waals surface area contributed by atoms with E-state index in [4.69, 9.17) is 5.73 Å². The molecule has 0 atom stereocenters. The van der Waals surface area contributed by atoms with Crippen LogP contribution >= 0.6 is 0 Å². The lowest BCUT2D eigenvalue weighted by Crippen LogP contribution is -1.93. The predicted octanol–water partition coefficient (Wildman–Crippen LogP) is 1.84. The van der Waals surface area contributed by atoms with Crippen LogP contribution in [-0.2, 0) is 0 Å². The van der Waals surface area contributed by atoms with Crippen LogP contribution in [0.3, 0.4) is 0 Å². The molecular formula is C9H14N2. The van der Waals surface area contributed by atoms with E-state index >= 15 is 0 Å². The van der Waals surface area contributed by atoms with E-state index in [-0.39, 0.29) is 0 Å². The van der Waals surface area contributed by atoms with Gasteiger partial charge in [-0.25, -0.2) is 0 Å². The van der Waals surface area contributed by atoms with Crippen LogP contribution in [0.1, 0.15) is 19.8 Å². The third-order valence-corrected chi connectivity index (χ3v) is 1.86. The van der Waals surface area contributed by atoms with E-state index in [9.17, 15) is 0 Å². The van der Waals surface area contributed by atoms with Gasteiger partial charge in [-0.1, -0.05) is 5.57 Å². The van der Waals surface area contributed by atoms with Gasteiger partial charge in [0.05, 0.1) is 0 Å². The summed E-state index contributed by atoms with van der Waals surface area (Å²) in [5, 5.41) is 0. The molecule has 1 aliphatic rings. The van der Waals surface area contributed by atoms with Gasteiger partial charge in [0.15, 0.2) is 0 Å². The predicted molar refractivity (Wildman–Crippen MR) is 48.3 cm³/mol. The first kappa shape index (κ1) is 8.05. The number of nitrogens with two attached hydrogens (primary N) is 1. The Kier molecular flexibility index (Phi) is 2.47. The fraction of sp³-hybridized carbons (Fsp3) is 0.444. The van der Waals surface area contributed by atoms with Crippen molar-refractivity contribution in [3.05, 3.63) is 23.5 Å². The Morgan fingerprint density at radius 2 is 2.27 bits per heavy atom. The van der Waals surface area contributed by atoms with E-state index in [1.807, 2.05) is 6.08 Å². The molecule has 1 saturated carbocycles. The molecule has 1 aliphatic carbocycles. The van der Waals surface area contributed by atoms with Crippen LogP contribution in [0.25, 0.3) is 0 Å². The normalized spacial score (nSPS) is 20.1. The van der Waals surface area contributed by atoms with Gasteiger partial charge in [0, 0.05) is 11.9 Å². The fourth-order valence-corrected chi connectivity index (χ4v) is 1.06. The van der Waals surface area contributed by atoms with E-state index in [1.54, 1.807) is 6.20 Å². The molecule has 0 aromatic rings. The van der Waals surface area contributed by atoms with Gasteiger partial charge in [0.1, 0.15) is 0 Å². The first-order chi connectivity index (χ1) is 5.24. The second-order valence-electron chi connectivity index (χ2n) is 2.97. The zero-order valence-electron chi connectivity index (χ0n) is 6.88. The number of nitrogens with zero attached hydrogens (tertiary/aromatic N) is 1. The van der Waals surface area contributed by atoms with Crippen LogP contribution in [-0.4, -0.2) is 6.72 Å². The summed E-state index contributed by atoms with van der Waals surface area (Å²) in [6, 6.07) is 0. The molecule has 0 bridgehead atoms. The fourth-order valence-electron chi connectivity index (χ4n) is 1.06. The zero-order valence-corrected chi connectivity index (χ0v) is 6.88. The van der Waals surface area contributed by atoms with Crippen molar-refractivity contribution in [1.82, 2.24) is 0 Å². The molecule has 0 aliphatic heterocycles. The molecule has 2 heteroatoms. The highest BCUT2D eigenvalue weighted by Crippen LogP contribution is 2.36. The maximum Gasteiger partial charge on any atom is 0.0499 e. The van der Waals surface area contributed by atoms with Crippen molar-refractivity contribution in [2.45, 2.75) is 19.8 Å². The van der Waals surface area contributed by atoms with Gasteiger partial charge < -0.3 is 5.73 Å². The topological polar surface area (TPSA) is 38.4 Å². The smallest absolute Gasteiger partial charge is 0.0499 e. The van der Waals surface area contributed by atoms with Crippen molar-refractivity contribution in [2.24, 2.45) is 16.6 Å². The molecule has 0 saturated heterocycles. The van der Waals surface area contributed by atoms with Crippen LogP contribution in [0.15, 0.2) is 28.5 Å². The maximum absolute atomic E-state index is 5.60. The molecule has 1 fully saturated rings. The Morgan fingerprint density at radius 1 is 1.64 bits per heavy atom. The molecule has 0 aromatic carbocycles. The standard InChI is InChI=1S/C9H14N2/c1-7(8-3-4-8)5-9(10)6-11-2/h5-6,8H,2-4,10H2,1H3/b7-5+,9-6+. The average molecular weight is 150 g/mol. The first-order valence-corrected chi connectivity index (χ1v) is 3.83. The Morgan fingerprint density at radius 3 is 2.73 bits per heavy atom. The molecule has 0 aromatic heterocycles. The molecule has 11 heavy (non-hydrogen) atoms. The summed E-state index contributed by atoms with van der Waals surface area (Å²) in [5.41, 5.74) is 7.66. The van der Waals surface area contributed by atoms with E-state index in [2.05, 4.69) is 18.6 Å². The van der Waals surface area contributed by atoms with Gasteiger partial charge in [-0.3, -0.25) is 4.99 Å². The minimum Gasteiger partial charge on any atom is -0.397 e. The highest BCUT2D eigenvalue weighted by Gasteiger charge is 2.22. The molecule has 1 rings (SSSR count). The summed E-state index contributed by atoms with van der Waals surface area (Å²) < 4.78 is 0. The van der Waals surface area contributed by atoms with Gasteiger partial charge >= 0.3 is 0 Å². The van der Waals surface area contributed by atoms with Crippen molar-refractivity contribution >= 4 is 6.72 Å². The molecule has 0 unspecified atom stereocenters. The van der Waals surface area contributed by atoms with Crippen molar-refractivity contribution in [3.63, 3.8) is 0 Å². The Hall–Kier alpha value is -1.05. The average Bonchev–Trinajstić information content (AvgIpc) is 2.67. The highest BCUT2D eigenvalue weighted by atomic mass is 14.7.